The first-order chi connectivity index (χ1) is 13.2. The Bertz CT molecular complexity index is 966. The molecule has 0 radical (unpaired) electrons. The highest BCUT2D eigenvalue weighted by Gasteiger charge is 2.34. The molecule has 1 aliphatic heterocycles. The van der Waals surface area contributed by atoms with Gasteiger partial charge in [0, 0.05) is 38.3 Å². The third-order valence-corrected chi connectivity index (χ3v) is 6.98. The van der Waals surface area contributed by atoms with E-state index in [1.54, 1.807) is 47.9 Å². The van der Waals surface area contributed by atoms with Gasteiger partial charge in [-0.3, -0.25) is 9.48 Å². The molecule has 0 atom stereocenters. The number of rotatable bonds is 5. The molecule has 0 aliphatic carbocycles. The summed E-state index contributed by atoms with van der Waals surface area (Å²) < 4.78 is 34.7. The topological polar surface area (TPSA) is 88.7 Å². The molecule has 1 saturated heterocycles. The predicted molar refractivity (Wildman–Crippen MR) is 105 cm³/mol. The van der Waals surface area contributed by atoms with E-state index in [1.807, 2.05) is 13.8 Å². The van der Waals surface area contributed by atoms with Crippen LogP contribution in [0.1, 0.15) is 37.0 Å². The van der Waals surface area contributed by atoms with Gasteiger partial charge in [-0.05, 0) is 45.9 Å². The van der Waals surface area contributed by atoms with E-state index in [2.05, 4.69) is 5.10 Å². The fourth-order valence-electron chi connectivity index (χ4n) is 3.45. The number of piperazine rings is 1. The molecule has 1 amide bonds. The Kier molecular flexibility index (Phi) is 5.76. The molecule has 0 bridgehead atoms. The van der Waals surface area contributed by atoms with Gasteiger partial charge in [0.1, 0.15) is 10.7 Å². The summed E-state index contributed by atoms with van der Waals surface area (Å²) in [6, 6.07) is 3.59. The summed E-state index contributed by atoms with van der Waals surface area (Å²) in [5.41, 5.74) is 1.15. The third-order valence-electron chi connectivity index (χ3n) is 4.83. The summed E-state index contributed by atoms with van der Waals surface area (Å²) in [5.74, 6) is 0.441. The number of amides is 1. The molecule has 3 heterocycles. The maximum Gasteiger partial charge on any atom is 0.246 e. The second-order valence-electron chi connectivity index (χ2n) is 7.12. The van der Waals surface area contributed by atoms with E-state index >= 15 is 0 Å². The van der Waals surface area contributed by atoms with Crippen molar-refractivity contribution in [2.45, 2.75) is 38.6 Å². The van der Waals surface area contributed by atoms with Crippen molar-refractivity contribution in [3.8, 4) is 0 Å². The maximum absolute atomic E-state index is 13.2. The second-order valence-corrected chi connectivity index (χ2v) is 8.99. The van der Waals surface area contributed by atoms with Crippen molar-refractivity contribution in [2.24, 2.45) is 0 Å². The van der Waals surface area contributed by atoms with Crippen molar-refractivity contribution in [2.75, 3.05) is 26.2 Å². The molecule has 1 fully saturated rings. The molecule has 3 rings (SSSR count). The minimum Gasteiger partial charge on any atom is -0.465 e. The smallest absolute Gasteiger partial charge is 0.246 e. The molecule has 2 aromatic rings. The average Bonchev–Trinajstić information content (AvgIpc) is 3.27. The number of aromatic nitrogens is 2. The fraction of sp³-hybridized carbons (Fsp3) is 0.474. The highest BCUT2D eigenvalue weighted by molar-refractivity contribution is 7.89. The number of nitrogens with zero attached hydrogens (tertiary/aromatic N) is 4. The van der Waals surface area contributed by atoms with Gasteiger partial charge in [-0.2, -0.15) is 9.40 Å². The minimum absolute atomic E-state index is 0.0815. The quantitative estimate of drug-likeness (QED) is 0.711. The Balaban J connectivity index is 1.70. The second kappa shape index (κ2) is 7.92. The van der Waals surface area contributed by atoms with Crippen LogP contribution < -0.4 is 0 Å². The number of furan rings is 1. The first kappa shape index (κ1) is 20.3. The lowest BCUT2D eigenvalue weighted by Gasteiger charge is -2.33. The highest BCUT2D eigenvalue weighted by atomic mass is 32.2. The Morgan fingerprint density at radius 2 is 1.89 bits per heavy atom. The van der Waals surface area contributed by atoms with Crippen LogP contribution in [0.4, 0.5) is 0 Å². The van der Waals surface area contributed by atoms with Crippen molar-refractivity contribution < 1.29 is 17.6 Å². The van der Waals surface area contributed by atoms with E-state index in [-0.39, 0.29) is 29.9 Å². The zero-order valence-electron chi connectivity index (χ0n) is 16.6. The van der Waals surface area contributed by atoms with Crippen LogP contribution in [0.3, 0.4) is 0 Å². The number of hydrogen-bond donors (Lipinski definition) is 0. The number of carbonyl (C=O) groups excluding carboxylic acids is 1. The third kappa shape index (κ3) is 3.90. The molecule has 2 aromatic heterocycles. The highest BCUT2D eigenvalue weighted by Crippen LogP contribution is 2.26. The van der Waals surface area contributed by atoms with Crippen LogP contribution in [0, 0.1) is 13.8 Å². The van der Waals surface area contributed by atoms with Gasteiger partial charge in [-0.15, -0.1) is 0 Å². The molecule has 0 spiro atoms. The lowest BCUT2D eigenvalue weighted by atomic mass is 10.3. The number of aryl methyl sites for hydroxylation is 1. The van der Waals surface area contributed by atoms with E-state index < -0.39 is 10.0 Å². The summed E-state index contributed by atoms with van der Waals surface area (Å²) in [5, 5.41) is 4.39. The van der Waals surface area contributed by atoms with Crippen LogP contribution in [-0.4, -0.2) is 59.5 Å². The number of sulfonamides is 1. The van der Waals surface area contributed by atoms with E-state index in [0.29, 0.717) is 30.2 Å². The van der Waals surface area contributed by atoms with Gasteiger partial charge in [0.05, 0.1) is 17.7 Å². The van der Waals surface area contributed by atoms with Gasteiger partial charge in [0.15, 0.2) is 0 Å². The van der Waals surface area contributed by atoms with Gasteiger partial charge in [-0.25, -0.2) is 8.42 Å². The molecule has 8 nitrogen and oxygen atoms in total. The maximum atomic E-state index is 13.2. The monoisotopic (exact) mass is 406 g/mol. The van der Waals surface area contributed by atoms with Gasteiger partial charge < -0.3 is 9.32 Å². The van der Waals surface area contributed by atoms with Crippen molar-refractivity contribution in [1.82, 2.24) is 19.0 Å². The predicted octanol–water partition coefficient (Wildman–Crippen LogP) is 2.22. The minimum atomic E-state index is -3.65. The summed E-state index contributed by atoms with van der Waals surface area (Å²) in [6.07, 6.45) is 4.60. The zero-order chi connectivity index (χ0) is 20.5. The van der Waals surface area contributed by atoms with Crippen molar-refractivity contribution in [3.05, 3.63) is 41.6 Å². The van der Waals surface area contributed by atoms with Gasteiger partial charge in [0.2, 0.25) is 15.9 Å². The molecule has 0 N–H and O–H groups in total. The van der Waals surface area contributed by atoms with Crippen molar-refractivity contribution >= 4 is 22.0 Å². The van der Waals surface area contributed by atoms with E-state index in [0.717, 1.165) is 0 Å². The molecule has 9 heteroatoms. The van der Waals surface area contributed by atoms with Crippen LogP contribution in [0.15, 0.2) is 33.8 Å². The van der Waals surface area contributed by atoms with Gasteiger partial charge in [0.25, 0.3) is 0 Å². The SMILES string of the molecule is Cc1nn(C(C)C)c(C)c1S(=O)(=O)N1CCN(C(=O)/C=C/c2ccco2)CC1. The normalized spacial score (nSPS) is 16.4. The van der Waals surface area contributed by atoms with Gasteiger partial charge >= 0.3 is 0 Å². The molecular weight excluding hydrogens is 380 g/mol. The van der Waals surface area contributed by atoms with Crippen LogP contribution in [-0.2, 0) is 14.8 Å². The number of carbonyl (C=O) groups is 1. The summed E-state index contributed by atoms with van der Waals surface area (Å²) in [6.45, 7) is 8.65. The average molecular weight is 407 g/mol. The standard InChI is InChI=1S/C19H26N4O4S/c1-14(2)23-16(4)19(15(3)20-23)28(25,26)22-11-9-21(10-12-22)18(24)8-7-17-6-5-13-27-17/h5-8,13-14H,9-12H2,1-4H3/b8-7+. The lowest BCUT2D eigenvalue weighted by molar-refractivity contribution is -0.127. The molecule has 1 aliphatic rings. The van der Waals surface area contributed by atoms with E-state index in [9.17, 15) is 13.2 Å². The largest absolute Gasteiger partial charge is 0.465 e. The lowest BCUT2D eigenvalue weighted by Crippen LogP contribution is -2.50. The molecule has 0 saturated carbocycles. The summed E-state index contributed by atoms with van der Waals surface area (Å²) in [7, 11) is -3.65. The summed E-state index contributed by atoms with van der Waals surface area (Å²) in [4.78, 5) is 14.2. The van der Waals surface area contributed by atoms with Crippen LogP contribution >= 0.6 is 0 Å². The summed E-state index contributed by atoms with van der Waals surface area (Å²) >= 11 is 0. The van der Waals surface area contributed by atoms with E-state index in [1.165, 1.54) is 10.4 Å². The van der Waals surface area contributed by atoms with Crippen LogP contribution in [0.2, 0.25) is 0 Å². The van der Waals surface area contributed by atoms with Crippen molar-refractivity contribution in [1.29, 1.82) is 0 Å². The molecule has 152 valence electrons. The van der Waals surface area contributed by atoms with Crippen molar-refractivity contribution in [3.63, 3.8) is 0 Å². The Hall–Kier alpha value is -2.39. The van der Waals surface area contributed by atoms with Gasteiger partial charge in [-0.1, -0.05) is 0 Å². The van der Waals surface area contributed by atoms with Crippen LogP contribution in [0.5, 0.6) is 0 Å². The number of hydrogen-bond acceptors (Lipinski definition) is 5. The molecule has 0 aromatic carbocycles. The Labute approximate surface area is 165 Å². The Morgan fingerprint density at radius 3 is 2.43 bits per heavy atom. The Morgan fingerprint density at radius 1 is 1.21 bits per heavy atom. The molecule has 28 heavy (non-hydrogen) atoms. The molecule has 0 unspecified atom stereocenters. The first-order valence-electron chi connectivity index (χ1n) is 9.28. The van der Waals surface area contributed by atoms with E-state index in [4.69, 9.17) is 4.42 Å². The first-order valence-corrected chi connectivity index (χ1v) is 10.7. The zero-order valence-corrected chi connectivity index (χ0v) is 17.4. The molecular formula is C19H26N4O4S. The van der Waals surface area contributed by atoms with Crippen LogP contribution in [0.25, 0.3) is 6.08 Å². The fourth-order valence-corrected chi connectivity index (χ4v) is 5.23.